The van der Waals surface area contributed by atoms with Crippen LogP contribution in [0.3, 0.4) is 0 Å². The van der Waals surface area contributed by atoms with Gasteiger partial charge in [0.2, 0.25) is 0 Å². The molecule has 3 N–H and O–H groups in total. The van der Waals surface area contributed by atoms with Gasteiger partial charge in [0.1, 0.15) is 19.3 Å². The Morgan fingerprint density at radius 3 is 0.840 bits per heavy atom. The molecular weight excluding hydrogens is 1310 g/mol. The lowest BCUT2D eigenvalue weighted by atomic mass is 10.1. The number of ether oxygens (including phenoxy) is 4. The van der Waals surface area contributed by atoms with Crippen molar-refractivity contribution in [3.63, 3.8) is 0 Å². The molecular formula is C81H140O17P2. The van der Waals surface area contributed by atoms with Crippen LogP contribution in [0, 0.1) is 0 Å². The topological polar surface area (TPSA) is 237 Å². The van der Waals surface area contributed by atoms with Gasteiger partial charge in [-0.3, -0.25) is 37.3 Å². The second kappa shape index (κ2) is 73.0. The zero-order valence-corrected chi connectivity index (χ0v) is 64.6. The molecule has 0 spiro atoms. The van der Waals surface area contributed by atoms with Crippen LogP contribution in [-0.2, 0) is 65.4 Å². The predicted molar refractivity (Wildman–Crippen MR) is 408 cm³/mol. The molecule has 0 radical (unpaired) electrons. The number of phosphoric ester groups is 2. The standard InChI is InChI=1S/C81H140O17P2/c1-5-9-13-17-21-25-29-33-35-36-37-38-40-44-46-50-54-58-62-66-79(84)92-72-77(98-81(86)68-64-60-56-52-48-42-32-28-24-20-16-12-8-4)74-96-100(89,90)94-70-75(82)69-93-99(87,88)95-73-76(97-80(85)67-63-59-55-51-47-41-31-27-23-19-15-11-7-3)71-91-78(83)65-61-57-53-49-45-43-39-34-30-26-22-18-14-10-6-2/h21-22,25-28,31-35,37-39,44,46,54,58,75-77,82H,5-20,23-24,29-30,36,40-43,45,47-53,55-57,59-74H2,1-4H3,(H,87,88)(H,89,90)/b25-21-,26-22-,31-27-,32-28-,35-33-,38-37-,39-34-,46-44-,58-54-/t75-,76+,77+/m0/s1. The molecule has 0 saturated carbocycles. The minimum Gasteiger partial charge on any atom is -0.462 e. The molecule has 100 heavy (non-hydrogen) atoms. The van der Waals surface area contributed by atoms with E-state index >= 15 is 0 Å². The number of rotatable bonds is 73. The number of phosphoric acid groups is 2. The molecule has 0 aliphatic heterocycles. The predicted octanol–water partition coefficient (Wildman–Crippen LogP) is 22.6. The number of carbonyl (C=O) groups is 4. The largest absolute Gasteiger partial charge is 0.472 e. The molecule has 0 rings (SSSR count). The maximum Gasteiger partial charge on any atom is 0.472 e. The summed E-state index contributed by atoms with van der Waals surface area (Å²) in [6, 6.07) is 0. The SMILES string of the molecule is CCCCC/C=C\C/C=C\C/C=C\C/C=C\C/C=C\CCC(=O)OC[C@H](COP(=O)(O)OC[C@@H](O)COP(=O)(O)OC[C@@H](COC(=O)CCCCCCC/C=C\C/C=C\CCCCC)OC(=O)CCCCCCC/C=C\CCCCCC)OC(=O)CCCCCCC/C=C\CCCCCC. The lowest BCUT2D eigenvalue weighted by Crippen LogP contribution is -2.30. The summed E-state index contributed by atoms with van der Waals surface area (Å²) in [6.45, 7) is 4.68. The first-order valence-corrected chi connectivity index (χ1v) is 42.1. The average Bonchev–Trinajstić information content (AvgIpc) is 0.935. The minimum atomic E-state index is -4.99. The van der Waals surface area contributed by atoms with Crippen LogP contribution < -0.4 is 0 Å². The number of esters is 4. The summed E-state index contributed by atoms with van der Waals surface area (Å²) in [6.07, 6.45) is 78.0. The van der Waals surface area contributed by atoms with Crippen molar-refractivity contribution in [1.82, 2.24) is 0 Å². The Kier molecular flexibility index (Phi) is 69.9. The van der Waals surface area contributed by atoms with E-state index in [2.05, 4.69) is 125 Å². The van der Waals surface area contributed by atoms with E-state index in [1.165, 1.54) is 89.9 Å². The van der Waals surface area contributed by atoms with Crippen LogP contribution in [0.2, 0.25) is 0 Å². The molecule has 0 amide bonds. The highest BCUT2D eigenvalue weighted by atomic mass is 31.2. The van der Waals surface area contributed by atoms with Gasteiger partial charge in [-0.05, 0) is 148 Å². The summed E-state index contributed by atoms with van der Waals surface area (Å²) >= 11 is 0. The fraction of sp³-hybridized carbons (Fsp3) is 0.728. The number of allylic oxidation sites excluding steroid dienone is 18. The Labute approximate surface area is 607 Å². The third-order valence-electron chi connectivity index (χ3n) is 16.2. The van der Waals surface area contributed by atoms with Crippen molar-refractivity contribution in [2.75, 3.05) is 39.6 Å². The van der Waals surface area contributed by atoms with E-state index in [0.29, 0.717) is 32.1 Å². The fourth-order valence-corrected chi connectivity index (χ4v) is 11.7. The molecule has 19 heteroatoms. The van der Waals surface area contributed by atoms with Gasteiger partial charge in [-0.1, -0.05) is 259 Å². The van der Waals surface area contributed by atoms with Gasteiger partial charge in [-0.2, -0.15) is 0 Å². The van der Waals surface area contributed by atoms with Gasteiger partial charge in [0, 0.05) is 25.7 Å². The van der Waals surface area contributed by atoms with Crippen molar-refractivity contribution in [3.8, 4) is 0 Å². The average molecular weight is 1450 g/mol. The molecule has 17 nitrogen and oxygen atoms in total. The molecule has 0 aromatic carbocycles. The molecule has 0 heterocycles. The first-order valence-electron chi connectivity index (χ1n) is 39.1. The van der Waals surface area contributed by atoms with Gasteiger partial charge in [0.05, 0.1) is 26.4 Å². The minimum absolute atomic E-state index is 0.0355. The second-order valence-electron chi connectivity index (χ2n) is 25.9. The van der Waals surface area contributed by atoms with Crippen molar-refractivity contribution >= 4 is 39.5 Å². The number of hydrogen-bond acceptors (Lipinski definition) is 15. The molecule has 5 atom stereocenters. The summed E-state index contributed by atoms with van der Waals surface area (Å²) in [5, 5.41) is 10.6. The third-order valence-corrected chi connectivity index (χ3v) is 18.1. The number of carbonyl (C=O) groups excluding carboxylic acids is 4. The summed E-state index contributed by atoms with van der Waals surface area (Å²) in [5.74, 6) is -2.30. The summed E-state index contributed by atoms with van der Waals surface area (Å²) in [7, 11) is -9.98. The molecule has 2 unspecified atom stereocenters. The second-order valence-corrected chi connectivity index (χ2v) is 28.8. The van der Waals surface area contributed by atoms with Crippen molar-refractivity contribution in [2.24, 2.45) is 0 Å². The zero-order chi connectivity index (χ0) is 73.2. The number of aliphatic hydroxyl groups is 1. The zero-order valence-electron chi connectivity index (χ0n) is 62.8. The van der Waals surface area contributed by atoms with Crippen LogP contribution in [0.15, 0.2) is 109 Å². The van der Waals surface area contributed by atoms with E-state index in [-0.39, 0.29) is 25.7 Å². The number of hydrogen-bond donors (Lipinski definition) is 3. The van der Waals surface area contributed by atoms with Crippen molar-refractivity contribution in [2.45, 2.75) is 341 Å². The highest BCUT2D eigenvalue weighted by molar-refractivity contribution is 7.47. The molecule has 0 aliphatic rings. The van der Waals surface area contributed by atoms with E-state index in [4.69, 9.17) is 37.0 Å². The van der Waals surface area contributed by atoms with Crippen LogP contribution >= 0.6 is 15.6 Å². The van der Waals surface area contributed by atoms with Gasteiger partial charge >= 0.3 is 39.5 Å². The molecule has 0 bridgehead atoms. The van der Waals surface area contributed by atoms with Crippen molar-refractivity contribution in [1.29, 1.82) is 0 Å². The molecule has 0 aliphatic carbocycles. The van der Waals surface area contributed by atoms with Crippen molar-refractivity contribution < 1.29 is 80.2 Å². The Balaban J connectivity index is 5.41. The van der Waals surface area contributed by atoms with Crippen molar-refractivity contribution in [3.05, 3.63) is 109 Å². The van der Waals surface area contributed by atoms with Crippen LogP contribution in [0.25, 0.3) is 0 Å². The Bertz CT molecular complexity index is 2320. The van der Waals surface area contributed by atoms with E-state index in [1.807, 2.05) is 12.2 Å². The Morgan fingerprint density at radius 1 is 0.280 bits per heavy atom. The quantitative estimate of drug-likeness (QED) is 0.0169. The first kappa shape index (κ1) is 95.7. The van der Waals surface area contributed by atoms with Gasteiger partial charge < -0.3 is 33.8 Å². The van der Waals surface area contributed by atoms with E-state index in [1.54, 1.807) is 0 Å². The van der Waals surface area contributed by atoms with E-state index in [9.17, 15) is 43.2 Å². The van der Waals surface area contributed by atoms with Crippen LogP contribution in [0.1, 0.15) is 323 Å². The van der Waals surface area contributed by atoms with Crippen LogP contribution in [0.5, 0.6) is 0 Å². The highest BCUT2D eigenvalue weighted by Crippen LogP contribution is 2.45. The highest BCUT2D eigenvalue weighted by Gasteiger charge is 2.30. The lowest BCUT2D eigenvalue weighted by molar-refractivity contribution is -0.161. The Hall–Kier alpha value is -4.28. The molecule has 0 saturated heterocycles. The molecule has 0 aromatic rings. The summed E-state index contributed by atoms with van der Waals surface area (Å²) in [4.78, 5) is 72.8. The summed E-state index contributed by atoms with van der Waals surface area (Å²) in [5.41, 5.74) is 0. The van der Waals surface area contributed by atoms with Gasteiger partial charge in [0.25, 0.3) is 0 Å². The maximum atomic E-state index is 13.1. The lowest BCUT2D eigenvalue weighted by Gasteiger charge is -2.21. The summed E-state index contributed by atoms with van der Waals surface area (Å²) < 4.78 is 68.4. The van der Waals surface area contributed by atoms with E-state index in [0.717, 1.165) is 148 Å². The normalized spacial score (nSPS) is 14.5. The maximum absolute atomic E-state index is 13.1. The number of unbranched alkanes of at least 4 members (excludes halogenated alkanes) is 29. The first-order chi connectivity index (χ1) is 48.7. The third kappa shape index (κ3) is 72.1. The van der Waals surface area contributed by atoms with Crippen LogP contribution in [0.4, 0.5) is 0 Å². The monoisotopic (exact) mass is 1450 g/mol. The molecule has 576 valence electrons. The van der Waals surface area contributed by atoms with Crippen LogP contribution in [-0.4, -0.2) is 96.7 Å². The smallest absolute Gasteiger partial charge is 0.462 e. The molecule has 0 aromatic heterocycles. The fourth-order valence-electron chi connectivity index (χ4n) is 10.2. The van der Waals surface area contributed by atoms with Gasteiger partial charge in [-0.25, -0.2) is 9.13 Å². The molecule has 0 fully saturated rings. The van der Waals surface area contributed by atoms with E-state index < -0.39 is 97.5 Å². The van der Waals surface area contributed by atoms with Gasteiger partial charge in [0.15, 0.2) is 12.2 Å². The Morgan fingerprint density at radius 2 is 0.510 bits per heavy atom. The number of aliphatic hydroxyl groups excluding tert-OH is 1. The van der Waals surface area contributed by atoms with Gasteiger partial charge in [-0.15, -0.1) is 0 Å².